The van der Waals surface area contributed by atoms with Gasteiger partial charge in [0.25, 0.3) is 0 Å². The summed E-state index contributed by atoms with van der Waals surface area (Å²) in [7, 11) is -3.53. The highest BCUT2D eigenvalue weighted by Gasteiger charge is 2.18. The highest BCUT2D eigenvalue weighted by Crippen LogP contribution is 2.24. The van der Waals surface area contributed by atoms with Crippen molar-refractivity contribution in [1.82, 2.24) is 9.97 Å². The fourth-order valence-electron chi connectivity index (χ4n) is 2.03. The standard InChI is InChI=1S/C14H13N3O2S/c1-9-2-4-10(5-3-9)20(18,19)11-6-7-12-13(8-11)17-14(15)16-12/h2-8H,1H3,(H3,15,16,17). The molecule has 0 radical (unpaired) electrons. The molecule has 2 aromatic carbocycles. The summed E-state index contributed by atoms with van der Waals surface area (Å²) in [6.45, 7) is 1.91. The second-order valence-corrected chi connectivity index (χ2v) is 6.57. The van der Waals surface area contributed by atoms with Gasteiger partial charge in [-0.15, -0.1) is 0 Å². The van der Waals surface area contributed by atoms with Crippen LogP contribution < -0.4 is 5.73 Å². The Bertz CT molecular complexity index is 880. The summed E-state index contributed by atoms with van der Waals surface area (Å²) < 4.78 is 25.1. The van der Waals surface area contributed by atoms with Gasteiger partial charge in [-0.1, -0.05) is 17.7 Å². The summed E-state index contributed by atoms with van der Waals surface area (Å²) in [5.41, 5.74) is 7.83. The molecule has 0 aliphatic heterocycles. The van der Waals surface area contributed by atoms with E-state index in [0.29, 0.717) is 11.0 Å². The quantitative estimate of drug-likeness (QED) is 0.756. The second-order valence-electron chi connectivity index (χ2n) is 4.62. The number of aryl methyl sites for hydroxylation is 1. The van der Waals surface area contributed by atoms with Crippen molar-refractivity contribution in [2.24, 2.45) is 0 Å². The molecular formula is C14H13N3O2S. The highest BCUT2D eigenvalue weighted by molar-refractivity contribution is 7.91. The first-order chi connectivity index (χ1) is 9.46. The molecule has 0 aliphatic carbocycles. The van der Waals surface area contributed by atoms with Crippen molar-refractivity contribution in [3.8, 4) is 0 Å². The van der Waals surface area contributed by atoms with Gasteiger partial charge in [0.2, 0.25) is 9.84 Å². The van der Waals surface area contributed by atoms with Crippen LogP contribution in [-0.2, 0) is 9.84 Å². The van der Waals surface area contributed by atoms with E-state index < -0.39 is 9.84 Å². The molecule has 0 saturated heterocycles. The zero-order chi connectivity index (χ0) is 14.3. The monoisotopic (exact) mass is 287 g/mol. The van der Waals surface area contributed by atoms with Gasteiger partial charge in [0.15, 0.2) is 5.95 Å². The maximum atomic E-state index is 12.5. The summed E-state index contributed by atoms with van der Waals surface area (Å²) in [6.07, 6.45) is 0. The van der Waals surface area contributed by atoms with E-state index in [0.717, 1.165) is 5.56 Å². The number of imidazole rings is 1. The number of nitrogens with zero attached hydrogens (tertiary/aromatic N) is 1. The topological polar surface area (TPSA) is 88.8 Å². The van der Waals surface area contributed by atoms with Crippen molar-refractivity contribution in [2.45, 2.75) is 16.7 Å². The lowest BCUT2D eigenvalue weighted by Gasteiger charge is -2.05. The third kappa shape index (κ3) is 2.04. The molecule has 0 atom stereocenters. The number of rotatable bonds is 2. The summed E-state index contributed by atoms with van der Waals surface area (Å²) in [6, 6.07) is 11.5. The molecule has 0 fully saturated rings. The van der Waals surface area contributed by atoms with Crippen LogP contribution in [0.5, 0.6) is 0 Å². The molecule has 0 aliphatic rings. The predicted molar refractivity (Wildman–Crippen MR) is 77.1 cm³/mol. The van der Waals surface area contributed by atoms with E-state index in [9.17, 15) is 8.42 Å². The number of hydrogen-bond acceptors (Lipinski definition) is 4. The minimum Gasteiger partial charge on any atom is -0.369 e. The Kier molecular flexibility index (Phi) is 2.76. The highest BCUT2D eigenvalue weighted by atomic mass is 32.2. The molecule has 0 saturated carbocycles. The maximum Gasteiger partial charge on any atom is 0.206 e. The number of nitrogen functional groups attached to an aromatic ring is 1. The molecule has 3 N–H and O–H groups in total. The van der Waals surface area contributed by atoms with Crippen LogP contribution in [0.4, 0.5) is 5.95 Å². The molecule has 1 aromatic heterocycles. The Morgan fingerprint density at radius 1 is 1.05 bits per heavy atom. The Labute approximate surface area is 116 Å². The van der Waals surface area contributed by atoms with Crippen molar-refractivity contribution in [3.05, 3.63) is 48.0 Å². The van der Waals surface area contributed by atoms with E-state index in [1.807, 2.05) is 6.92 Å². The lowest BCUT2D eigenvalue weighted by Crippen LogP contribution is -2.01. The predicted octanol–water partition coefficient (Wildman–Crippen LogP) is 2.29. The second kappa shape index (κ2) is 4.35. The van der Waals surface area contributed by atoms with Gasteiger partial charge < -0.3 is 10.7 Å². The fraction of sp³-hybridized carbons (Fsp3) is 0.0714. The Balaban J connectivity index is 2.15. The van der Waals surface area contributed by atoms with E-state index in [1.54, 1.807) is 36.4 Å². The number of aromatic amines is 1. The zero-order valence-electron chi connectivity index (χ0n) is 10.8. The van der Waals surface area contributed by atoms with Gasteiger partial charge in [-0.25, -0.2) is 13.4 Å². The zero-order valence-corrected chi connectivity index (χ0v) is 11.6. The number of fused-ring (bicyclic) bond motifs is 1. The number of H-pyrrole nitrogens is 1. The first-order valence-electron chi connectivity index (χ1n) is 6.04. The van der Waals surface area contributed by atoms with Crippen LogP contribution in [0.15, 0.2) is 52.3 Å². The minimum absolute atomic E-state index is 0.220. The Hall–Kier alpha value is -2.34. The molecule has 102 valence electrons. The SMILES string of the molecule is Cc1ccc(S(=O)(=O)c2ccc3nc(N)[nH]c3c2)cc1. The first-order valence-corrected chi connectivity index (χ1v) is 7.52. The molecule has 6 heteroatoms. The molecule has 0 bridgehead atoms. The number of hydrogen-bond donors (Lipinski definition) is 2. The average molecular weight is 287 g/mol. The van der Waals surface area contributed by atoms with E-state index >= 15 is 0 Å². The van der Waals surface area contributed by atoms with Gasteiger partial charge in [-0.05, 0) is 37.3 Å². The van der Waals surface area contributed by atoms with Crippen molar-refractivity contribution in [1.29, 1.82) is 0 Å². The van der Waals surface area contributed by atoms with Crippen LogP contribution >= 0.6 is 0 Å². The molecule has 3 aromatic rings. The normalized spacial score (nSPS) is 11.8. The van der Waals surface area contributed by atoms with Crippen molar-refractivity contribution in [2.75, 3.05) is 5.73 Å². The van der Waals surface area contributed by atoms with Crippen LogP contribution in [-0.4, -0.2) is 18.4 Å². The summed E-state index contributed by atoms with van der Waals surface area (Å²) in [5, 5.41) is 0. The maximum absolute atomic E-state index is 12.5. The number of aromatic nitrogens is 2. The third-order valence-electron chi connectivity index (χ3n) is 3.11. The number of nitrogens with one attached hydrogen (secondary N) is 1. The number of sulfone groups is 1. The summed E-state index contributed by atoms with van der Waals surface area (Å²) in [5.74, 6) is 0.268. The molecule has 20 heavy (non-hydrogen) atoms. The van der Waals surface area contributed by atoms with Crippen LogP contribution in [0.25, 0.3) is 11.0 Å². The lowest BCUT2D eigenvalue weighted by molar-refractivity contribution is 0.596. The Morgan fingerprint density at radius 3 is 2.40 bits per heavy atom. The number of nitrogens with two attached hydrogens (primary N) is 1. The van der Waals surface area contributed by atoms with Crippen LogP contribution in [0.3, 0.4) is 0 Å². The fourth-order valence-corrected chi connectivity index (χ4v) is 3.32. The van der Waals surface area contributed by atoms with Crippen LogP contribution in [0.2, 0.25) is 0 Å². The number of benzene rings is 2. The van der Waals surface area contributed by atoms with Crippen molar-refractivity contribution < 1.29 is 8.42 Å². The molecule has 0 spiro atoms. The van der Waals surface area contributed by atoms with Crippen molar-refractivity contribution >= 4 is 26.8 Å². The van der Waals surface area contributed by atoms with Gasteiger partial charge in [-0.2, -0.15) is 0 Å². The molecular weight excluding hydrogens is 274 g/mol. The lowest BCUT2D eigenvalue weighted by atomic mass is 10.2. The molecule has 5 nitrogen and oxygen atoms in total. The summed E-state index contributed by atoms with van der Waals surface area (Å²) in [4.78, 5) is 7.37. The van der Waals surface area contributed by atoms with Gasteiger partial charge in [-0.3, -0.25) is 0 Å². The van der Waals surface area contributed by atoms with Gasteiger partial charge in [0.05, 0.1) is 20.8 Å². The number of anilines is 1. The average Bonchev–Trinajstić information content (AvgIpc) is 2.78. The largest absolute Gasteiger partial charge is 0.369 e. The third-order valence-corrected chi connectivity index (χ3v) is 4.88. The van der Waals surface area contributed by atoms with E-state index in [-0.39, 0.29) is 15.7 Å². The van der Waals surface area contributed by atoms with Crippen LogP contribution in [0, 0.1) is 6.92 Å². The van der Waals surface area contributed by atoms with Gasteiger partial charge in [0.1, 0.15) is 0 Å². The van der Waals surface area contributed by atoms with E-state index in [2.05, 4.69) is 9.97 Å². The molecule has 0 amide bonds. The summed E-state index contributed by atoms with van der Waals surface area (Å²) >= 11 is 0. The van der Waals surface area contributed by atoms with E-state index in [4.69, 9.17) is 5.73 Å². The Morgan fingerprint density at radius 2 is 1.70 bits per heavy atom. The smallest absolute Gasteiger partial charge is 0.206 e. The molecule has 0 unspecified atom stereocenters. The van der Waals surface area contributed by atoms with Crippen molar-refractivity contribution in [3.63, 3.8) is 0 Å². The molecule has 1 heterocycles. The molecule has 3 rings (SSSR count). The van der Waals surface area contributed by atoms with Crippen LogP contribution in [0.1, 0.15) is 5.56 Å². The minimum atomic E-state index is -3.53. The van der Waals surface area contributed by atoms with E-state index in [1.165, 1.54) is 6.07 Å². The first kappa shape index (κ1) is 12.7. The van der Waals surface area contributed by atoms with Gasteiger partial charge >= 0.3 is 0 Å². The van der Waals surface area contributed by atoms with Gasteiger partial charge in [0, 0.05) is 0 Å².